The maximum absolute atomic E-state index is 14.4. The van der Waals surface area contributed by atoms with Crippen molar-refractivity contribution in [3.8, 4) is 0 Å². The van der Waals surface area contributed by atoms with E-state index in [2.05, 4.69) is 15.0 Å². The van der Waals surface area contributed by atoms with Gasteiger partial charge in [0.25, 0.3) is 0 Å². The van der Waals surface area contributed by atoms with Crippen LogP contribution in [-0.2, 0) is 9.47 Å². The molecule has 2 fully saturated rings. The number of H-pyrrole nitrogens is 1. The zero-order valence-electron chi connectivity index (χ0n) is 14.6. The Kier molecular flexibility index (Phi) is 4.96. The number of halogens is 1. The minimum absolute atomic E-state index is 0.0306. The van der Waals surface area contributed by atoms with Gasteiger partial charge in [0.2, 0.25) is 30.6 Å². The minimum Gasteiger partial charge on any atom is -0.394 e. The number of nitrogen functional groups attached to an aromatic ring is 1. The lowest BCUT2D eigenvalue weighted by atomic mass is 10.1. The fourth-order valence-electron chi connectivity index (χ4n) is 4.01. The molecule has 1 aromatic rings. The number of ether oxygens (including phenoxy) is 2. The number of alkyl halides is 1. The standard InChI is InChI=1S/C15H20FN5O6S/c16-5-1-8(26-6(5)2-22)21(14-11(25)10(24)7(3-23)27-14)4-18-9-12(21)19-15(17)20-13(9)28/h4-8,10-11,14,22-25H,1-3H2,(H2-,17,19,20,28)/p+1/t5-,6+,7+,8+,10+,11+,14+,21?/m0/s1. The molecule has 2 saturated heterocycles. The molecule has 0 aliphatic carbocycles. The van der Waals surface area contributed by atoms with Crippen LogP contribution >= 0.6 is 12.2 Å². The molecule has 0 radical (unpaired) electrons. The van der Waals surface area contributed by atoms with E-state index in [0.29, 0.717) is 0 Å². The van der Waals surface area contributed by atoms with E-state index in [1.807, 2.05) is 0 Å². The number of aromatic nitrogens is 2. The summed E-state index contributed by atoms with van der Waals surface area (Å²) in [4.78, 5) is 11.0. The summed E-state index contributed by atoms with van der Waals surface area (Å²) in [6, 6.07) is 0. The predicted molar refractivity (Wildman–Crippen MR) is 96.8 cm³/mol. The van der Waals surface area contributed by atoms with Gasteiger partial charge in [0.1, 0.15) is 24.5 Å². The van der Waals surface area contributed by atoms with Gasteiger partial charge in [0.05, 0.1) is 19.6 Å². The summed E-state index contributed by atoms with van der Waals surface area (Å²) in [6.07, 6.45) is -7.43. The number of nitrogens with zero attached hydrogens (tertiary/aromatic N) is 3. The topological polar surface area (TPSA) is 166 Å². The normalized spacial score (nSPS) is 42.2. The lowest BCUT2D eigenvalue weighted by Gasteiger charge is -2.40. The van der Waals surface area contributed by atoms with Crippen LogP contribution in [0.1, 0.15) is 6.42 Å². The third-order valence-electron chi connectivity index (χ3n) is 5.42. The van der Waals surface area contributed by atoms with Crippen molar-refractivity contribution in [3.05, 3.63) is 4.64 Å². The molecule has 0 bridgehead atoms. The Balaban J connectivity index is 1.86. The largest absolute Gasteiger partial charge is 0.394 e. The van der Waals surface area contributed by atoms with E-state index in [0.717, 1.165) is 0 Å². The van der Waals surface area contributed by atoms with Gasteiger partial charge >= 0.3 is 0 Å². The molecule has 8 atom stereocenters. The van der Waals surface area contributed by atoms with Gasteiger partial charge in [0.15, 0.2) is 16.4 Å². The van der Waals surface area contributed by atoms with Gasteiger partial charge in [-0.2, -0.15) is 9.48 Å². The molecule has 0 saturated carbocycles. The average Bonchev–Trinajstić information content (AvgIpc) is 3.31. The highest BCUT2D eigenvalue weighted by molar-refractivity contribution is 7.71. The fourth-order valence-corrected chi connectivity index (χ4v) is 4.26. The van der Waals surface area contributed by atoms with Crippen molar-refractivity contribution in [1.82, 2.24) is 14.5 Å². The molecule has 4 rings (SSSR count). The van der Waals surface area contributed by atoms with Crippen molar-refractivity contribution in [2.75, 3.05) is 18.9 Å². The second-order valence-electron chi connectivity index (χ2n) is 7.00. The van der Waals surface area contributed by atoms with Crippen molar-refractivity contribution in [2.45, 2.75) is 49.5 Å². The first-order chi connectivity index (χ1) is 13.3. The molecule has 13 heteroatoms. The molecule has 11 nitrogen and oxygen atoms in total. The number of aliphatic imine (C=N–C) groups is 1. The van der Waals surface area contributed by atoms with Gasteiger partial charge in [-0.3, -0.25) is 4.98 Å². The number of nitrogens with two attached hydrogens (primary N) is 1. The summed E-state index contributed by atoms with van der Waals surface area (Å²) >= 11 is 5.20. The number of aromatic amines is 1. The van der Waals surface area contributed by atoms with Crippen LogP contribution < -0.4 is 10.2 Å². The third-order valence-corrected chi connectivity index (χ3v) is 5.70. The maximum atomic E-state index is 14.4. The molecule has 7 N–H and O–H groups in total. The van der Waals surface area contributed by atoms with Gasteiger partial charge < -0.3 is 35.6 Å². The van der Waals surface area contributed by atoms with Crippen LogP contribution in [0.25, 0.3) is 0 Å². The zero-order chi connectivity index (χ0) is 20.2. The summed E-state index contributed by atoms with van der Waals surface area (Å²) in [6.45, 7) is -1.07. The fraction of sp³-hybridized carbons (Fsp3) is 0.667. The minimum atomic E-state index is -1.47. The predicted octanol–water partition coefficient (Wildman–Crippen LogP) is -1.41. The molecule has 28 heavy (non-hydrogen) atoms. The highest BCUT2D eigenvalue weighted by Gasteiger charge is 2.63. The van der Waals surface area contributed by atoms with E-state index in [4.69, 9.17) is 27.4 Å². The number of nitrogens with one attached hydrogen (secondary N) is 1. The quantitative estimate of drug-likeness (QED) is 0.254. The smallest absolute Gasteiger partial charge is 0.248 e. The van der Waals surface area contributed by atoms with Crippen LogP contribution in [0.4, 0.5) is 21.8 Å². The first kappa shape index (κ1) is 19.7. The Labute approximate surface area is 163 Å². The molecule has 0 aromatic carbocycles. The Morgan fingerprint density at radius 3 is 2.57 bits per heavy atom. The number of fused-ring (bicyclic) bond motifs is 1. The van der Waals surface area contributed by atoms with Crippen LogP contribution in [0, 0.1) is 4.64 Å². The second-order valence-corrected chi connectivity index (χ2v) is 7.38. The van der Waals surface area contributed by atoms with Gasteiger partial charge in [-0.25, -0.2) is 9.37 Å². The van der Waals surface area contributed by atoms with E-state index in [-0.39, 0.29) is 28.5 Å². The highest BCUT2D eigenvalue weighted by Crippen LogP contribution is 2.47. The Bertz CT molecular complexity index is 857. The van der Waals surface area contributed by atoms with Crippen LogP contribution in [-0.4, -0.2) is 93.0 Å². The molecular weight excluding hydrogens is 397 g/mol. The van der Waals surface area contributed by atoms with Gasteiger partial charge in [-0.15, -0.1) is 0 Å². The number of rotatable bonds is 4. The monoisotopic (exact) mass is 418 g/mol. The molecule has 0 spiro atoms. The lowest BCUT2D eigenvalue weighted by molar-refractivity contribution is -0.132. The molecule has 1 aromatic heterocycles. The molecule has 3 aliphatic rings. The number of hydrogen-bond acceptors (Lipinski definition) is 10. The summed E-state index contributed by atoms with van der Waals surface area (Å²) < 4.78 is 25.4. The summed E-state index contributed by atoms with van der Waals surface area (Å²) in [5, 5.41) is 39.7. The SMILES string of the molecule is Nc1nc(=S)c2c([nH]1)[N+]([C@@H]1O[C@H](CO)[C@@H](O)[C@H]1O)([C@H]1C[C@H](F)[C@@H](CO)O1)C=N2. The number of aliphatic hydroxyl groups excluding tert-OH is 4. The zero-order valence-corrected chi connectivity index (χ0v) is 15.4. The molecule has 154 valence electrons. The highest BCUT2D eigenvalue weighted by atomic mass is 32.1. The Morgan fingerprint density at radius 2 is 1.96 bits per heavy atom. The van der Waals surface area contributed by atoms with Crippen molar-refractivity contribution in [3.63, 3.8) is 0 Å². The number of anilines is 1. The van der Waals surface area contributed by atoms with E-state index in [1.54, 1.807) is 0 Å². The van der Waals surface area contributed by atoms with Crippen LogP contribution in [0.2, 0.25) is 0 Å². The van der Waals surface area contributed by atoms with Crippen LogP contribution in [0.5, 0.6) is 0 Å². The van der Waals surface area contributed by atoms with Gasteiger partial charge in [-0.1, -0.05) is 12.2 Å². The molecule has 4 heterocycles. The summed E-state index contributed by atoms with van der Waals surface area (Å²) in [7, 11) is 0. The Hall–Kier alpha value is -1.58. The first-order valence-corrected chi connectivity index (χ1v) is 9.10. The van der Waals surface area contributed by atoms with Crippen molar-refractivity contribution < 1.29 is 34.3 Å². The van der Waals surface area contributed by atoms with E-state index in [9.17, 15) is 24.8 Å². The summed E-state index contributed by atoms with van der Waals surface area (Å²) in [5.74, 6) is 0.222. The van der Waals surface area contributed by atoms with E-state index >= 15 is 0 Å². The van der Waals surface area contributed by atoms with Crippen LogP contribution in [0.3, 0.4) is 0 Å². The Morgan fingerprint density at radius 1 is 1.25 bits per heavy atom. The second kappa shape index (κ2) is 7.03. The number of hydrogen-bond donors (Lipinski definition) is 6. The van der Waals surface area contributed by atoms with Gasteiger partial charge in [0, 0.05) is 0 Å². The van der Waals surface area contributed by atoms with E-state index < -0.39 is 60.7 Å². The average molecular weight is 418 g/mol. The number of aliphatic hydroxyl groups is 4. The van der Waals surface area contributed by atoms with Gasteiger partial charge in [-0.05, 0) is 0 Å². The van der Waals surface area contributed by atoms with Crippen molar-refractivity contribution >= 4 is 36.0 Å². The number of quaternary nitrogens is 1. The molecule has 1 unspecified atom stereocenters. The first-order valence-electron chi connectivity index (χ1n) is 8.70. The lowest BCUT2D eigenvalue weighted by Crippen LogP contribution is -2.65. The molecule has 3 aliphatic heterocycles. The van der Waals surface area contributed by atoms with Crippen molar-refractivity contribution in [2.24, 2.45) is 4.99 Å². The van der Waals surface area contributed by atoms with Crippen LogP contribution in [0.15, 0.2) is 4.99 Å². The van der Waals surface area contributed by atoms with E-state index in [1.165, 1.54) is 6.34 Å². The maximum Gasteiger partial charge on any atom is 0.248 e. The molecular formula is C15H21FN5O6S+. The molecule has 0 amide bonds. The summed E-state index contributed by atoms with van der Waals surface area (Å²) in [5.41, 5.74) is 6.04. The van der Waals surface area contributed by atoms with Crippen molar-refractivity contribution in [1.29, 1.82) is 0 Å². The third kappa shape index (κ3) is 2.70.